The maximum Gasteiger partial charge on any atom is 0.271 e. The highest BCUT2D eigenvalue weighted by Crippen LogP contribution is 2.28. The van der Waals surface area contributed by atoms with E-state index in [1.165, 1.54) is 17.8 Å². The number of piperidine rings is 1. The number of carbonyl (C=O) groups is 1. The highest BCUT2D eigenvalue weighted by atomic mass is 32.1. The fraction of sp³-hybridized carbons (Fsp3) is 0.375. The van der Waals surface area contributed by atoms with Crippen LogP contribution in [0, 0.1) is 0 Å². The first kappa shape index (κ1) is 14.0. The molecule has 1 unspecified atom stereocenters. The van der Waals surface area contributed by atoms with Gasteiger partial charge in [-0.15, -0.1) is 22.7 Å². The lowest BCUT2D eigenvalue weighted by Gasteiger charge is -2.33. The molecule has 114 valence electrons. The number of rotatable bonds is 2. The minimum atomic E-state index is 0.133. The molecule has 3 aromatic heterocycles. The molecule has 1 fully saturated rings. The second-order valence-electron chi connectivity index (χ2n) is 5.72. The van der Waals surface area contributed by atoms with Crippen molar-refractivity contribution in [2.24, 2.45) is 0 Å². The van der Waals surface area contributed by atoms with Gasteiger partial charge in [0.1, 0.15) is 11.4 Å². The molecule has 1 saturated heterocycles. The molecular weight excluding hydrogens is 314 g/mol. The smallest absolute Gasteiger partial charge is 0.271 e. The van der Waals surface area contributed by atoms with Gasteiger partial charge in [-0.1, -0.05) is 6.07 Å². The fourth-order valence-corrected chi connectivity index (χ4v) is 4.55. The van der Waals surface area contributed by atoms with Crippen LogP contribution in [0.4, 0.5) is 0 Å². The van der Waals surface area contributed by atoms with Crippen LogP contribution in [0.5, 0.6) is 0 Å². The second-order valence-corrected chi connectivity index (χ2v) is 7.50. The van der Waals surface area contributed by atoms with Crippen molar-refractivity contribution in [3.8, 4) is 10.6 Å². The molecule has 6 heteroatoms. The average molecular weight is 331 g/mol. The lowest BCUT2D eigenvalue weighted by Crippen LogP contribution is -2.42. The quantitative estimate of drug-likeness (QED) is 0.708. The fourth-order valence-electron chi connectivity index (χ4n) is 3.03. The van der Waals surface area contributed by atoms with Gasteiger partial charge in [0.25, 0.3) is 5.91 Å². The Hall–Kier alpha value is -1.66. The number of nitrogens with zero attached hydrogens (tertiary/aromatic N) is 3. The normalized spacial score (nSPS) is 19.0. The zero-order chi connectivity index (χ0) is 15.1. The number of likely N-dealkylation sites (tertiary alicyclic amines) is 1. The summed E-state index contributed by atoms with van der Waals surface area (Å²) in [6.07, 6.45) is 5.41. The first-order chi connectivity index (χ1) is 10.7. The van der Waals surface area contributed by atoms with Crippen LogP contribution < -0.4 is 0 Å². The van der Waals surface area contributed by atoms with E-state index in [1.807, 2.05) is 32.3 Å². The predicted molar refractivity (Wildman–Crippen MR) is 90.7 cm³/mol. The van der Waals surface area contributed by atoms with Gasteiger partial charge in [-0.3, -0.25) is 9.20 Å². The molecule has 1 atom stereocenters. The van der Waals surface area contributed by atoms with Crippen LogP contribution in [0.2, 0.25) is 0 Å². The van der Waals surface area contributed by atoms with Crippen molar-refractivity contribution in [3.05, 3.63) is 34.8 Å². The summed E-state index contributed by atoms with van der Waals surface area (Å²) in [6, 6.07) is 4.41. The maximum absolute atomic E-state index is 12.9. The molecule has 0 aromatic carbocycles. The number of thiazole rings is 1. The molecule has 0 bridgehead atoms. The largest absolute Gasteiger partial charge is 0.335 e. The summed E-state index contributed by atoms with van der Waals surface area (Å²) in [5, 5.41) is 3.98. The van der Waals surface area contributed by atoms with Gasteiger partial charge in [0, 0.05) is 24.2 Å². The van der Waals surface area contributed by atoms with E-state index < -0.39 is 0 Å². The number of amides is 1. The average Bonchev–Trinajstić information content (AvgIpc) is 3.23. The van der Waals surface area contributed by atoms with E-state index in [9.17, 15) is 4.79 Å². The van der Waals surface area contributed by atoms with Crippen LogP contribution in [0.1, 0.15) is 36.7 Å². The van der Waals surface area contributed by atoms with Crippen molar-refractivity contribution < 1.29 is 4.79 Å². The first-order valence-electron chi connectivity index (χ1n) is 7.55. The lowest BCUT2D eigenvalue weighted by molar-refractivity contribution is 0.0629. The molecule has 0 radical (unpaired) electrons. The Bertz CT molecular complexity index is 803. The zero-order valence-electron chi connectivity index (χ0n) is 12.4. The summed E-state index contributed by atoms with van der Waals surface area (Å²) in [7, 11) is 0. The molecule has 0 saturated carbocycles. The number of carbonyl (C=O) groups excluding carboxylic acids is 1. The third-order valence-electron chi connectivity index (χ3n) is 4.27. The minimum absolute atomic E-state index is 0.133. The zero-order valence-corrected chi connectivity index (χ0v) is 14.0. The summed E-state index contributed by atoms with van der Waals surface area (Å²) in [6.45, 7) is 3.01. The summed E-state index contributed by atoms with van der Waals surface area (Å²) in [5.74, 6) is 0.133. The standard InChI is InChI=1S/C16H17N3OS2/c1-11-5-2-3-7-18(11)15(20)13-10-22-16-17-12(9-19(13)16)14-6-4-8-21-14/h4,6,8-11H,2-3,5,7H2,1H3. The molecular formula is C16H17N3OS2. The summed E-state index contributed by atoms with van der Waals surface area (Å²) < 4.78 is 1.95. The molecule has 0 N–H and O–H groups in total. The Labute approximate surface area is 137 Å². The van der Waals surface area contributed by atoms with Gasteiger partial charge in [-0.05, 0) is 37.6 Å². The van der Waals surface area contributed by atoms with Gasteiger partial charge in [-0.25, -0.2) is 4.98 Å². The summed E-state index contributed by atoms with van der Waals surface area (Å²) >= 11 is 3.21. The van der Waals surface area contributed by atoms with Gasteiger partial charge < -0.3 is 4.90 Å². The van der Waals surface area contributed by atoms with Gasteiger partial charge >= 0.3 is 0 Å². The second kappa shape index (κ2) is 5.52. The Morgan fingerprint density at radius 3 is 3.05 bits per heavy atom. The number of aromatic nitrogens is 2. The van der Waals surface area contributed by atoms with E-state index in [0.717, 1.165) is 40.6 Å². The first-order valence-corrected chi connectivity index (χ1v) is 9.31. The van der Waals surface area contributed by atoms with Crippen molar-refractivity contribution in [2.45, 2.75) is 32.2 Å². The van der Waals surface area contributed by atoms with Crippen LogP contribution in [0.15, 0.2) is 29.1 Å². The van der Waals surface area contributed by atoms with Crippen LogP contribution in [-0.2, 0) is 0 Å². The van der Waals surface area contributed by atoms with E-state index >= 15 is 0 Å². The molecule has 0 aliphatic carbocycles. The van der Waals surface area contributed by atoms with E-state index in [2.05, 4.69) is 18.0 Å². The number of fused-ring (bicyclic) bond motifs is 1. The third-order valence-corrected chi connectivity index (χ3v) is 6.00. The van der Waals surface area contributed by atoms with Crippen LogP contribution in [-0.4, -0.2) is 32.8 Å². The van der Waals surface area contributed by atoms with Gasteiger partial charge in [-0.2, -0.15) is 0 Å². The molecule has 4 nitrogen and oxygen atoms in total. The van der Waals surface area contributed by atoms with Crippen LogP contribution >= 0.6 is 22.7 Å². The van der Waals surface area contributed by atoms with Crippen LogP contribution in [0.25, 0.3) is 15.5 Å². The molecule has 1 aliphatic heterocycles. The Morgan fingerprint density at radius 1 is 1.36 bits per heavy atom. The van der Waals surface area contributed by atoms with Crippen molar-refractivity contribution >= 4 is 33.5 Å². The van der Waals surface area contributed by atoms with E-state index in [1.54, 1.807) is 11.3 Å². The van der Waals surface area contributed by atoms with Gasteiger partial charge in [0.05, 0.1) is 4.88 Å². The Balaban J connectivity index is 1.71. The maximum atomic E-state index is 12.9. The molecule has 4 heterocycles. The molecule has 3 aromatic rings. The van der Waals surface area contributed by atoms with E-state index in [4.69, 9.17) is 0 Å². The molecule has 1 amide bonds. The molecule has 0 spiro atoms. The minimum Gasteiger partial charge on any atom is -0.335 e. The highest BCUT2D eigenvalue weighted by Gasteiger charge is 2.26. The SMILES string of the molecule is CC1CCCCN1C(=O)c1csc2nc(-c3cccs3)cn12. The lowest BCUT2D eigenvalue weighted by atomic mass is 10.0. The van der Waals surface area contributed by atoms with Crippen molar-refractivity contribution in [2.75, 3.05) is 6.54 Å². The van der Waals surface area contributed by atoms with Gasteiger partial charge in [0.15, 0.2) is 4.96 Å². The van der Waals surface area contributed by atoms with Crippen molar-refractivity contribution in [3.63, 3.8) is 0 Å². The monoisotopic (exact) mass is 331 g/mol. The number of hydrogen-bond donors (Lipinski definition) is 0. The van der Waals surface area contributed by atoms with E-state index in [0.29, 0.717) is 6.04 Å². The topological polar surface area (TPSA) is 37.6 Å². The third kappa shape index (κ3) is 2.27. The molecule has 4 rings (SSSR count). The number of imidazole rings is 1. The molecule has 22 heavy (non-hydrogen) atoms. The van der Waals surface area contributed by atoms with Crippen molar-refractivity contribution in [1.82, 2.24) is 14.3 Å². The highest BCUT2D eigenvalue weighted by molar-refractivity contribution is 7.15. The van der Waals surface area contributed by atoms with Gasteiger partial charge in [0.2, 0.25) is 0 Å². The molecule has 1 aliphatic rings. The predicted octanol–water partition coefficient (Wildman–Crippen LogP) is 4.14. The van der Waals surface area contributed by atoms with Crippen LogP contribution in [0.3, 0.4) is 0 Å². The summed E-state index contributed by atoms with van der Waals surface area (Å²) in [4.78, 5) is 21.5. The number of hydrogen-bond acceptors (Lipinski definition) is 4. The Morgan fingerprint density at radius 2 is 2.27 bits per heavy atom. The van der Waals surface area contributed by atoms with Crippen molar-refractivity contribution in [1.29, 1.82) is 0 Å². The summed E-state index contributed by atoms with van der Waals surface area (Å²) in [5.41, 5.74) is 1.69. The van der Waals surface area contributed by atoms with E-state index in [-0.39, 0.29) is 5.91 Å². The number of thiophene rings is 1. The Kier molecular flexibility index (Phi) is 3.50.